The molecule has 0 aliphatic carbocycles. The van der Waals surface area contributed by atoms with Crippen LogP contribution >= 0.6 is 11.8 Å². The summed E-state index contributed by atoms with van der Waals surface area (Å²) < 4.78 is 0. The van der Waals surface area contributed by atoms with Crippen LogP contribution in [0.5, 0.6) is 0 Å². The van der Waals surface area contributed by atoms with E-state index in [2.05, 4.69) is 16.0 Å². The average molecular weight is 297 g/mol. The highest BCUT2D eigenvalue weighted by Crippen LogP contribution is 2.18. The van der Waals surface area contributed by atoms with Gasteiger partial charge in [0, 0.05) is 10.6 Å². The summed E-state index contributed by atoms with van der Waals surface area (Å²) in [5, 5.41) is 15.4. The number of thioether (sulfide) groups is 1. The fourth-order valence-corrected chi connectivity index (χ4v) is 1.73. The first-order chi connectivity index (χ1) is 9.51. The molecule has 1 rings (SSSR count). The Bertz CT molecular complexity index is 507. The molecule has 7 nitrogen and oxygen atoms in total. The van der Waals surface area contributed by atoms with Gasteiger partial charge in [-0.15, -0.1) is 11.8 Å². The third kappa shape index (κ3) is 6.10. The Morgan fingerprint density at radius 3 is 2.60 bits per heavy atom. The maximum absolute atomic E-state index is 11.5. The second-order valence-electron chi connectivity index (χ2n) is 3.71. The Morgan fingerprint density at radius 2 is 1.95 bits per heavy atom. The topological polar surface area (TPSA) is 108 Å². The Hall–Kier alpha value is -2.22. The van der Waals surface area contributed by atoms with Gasteiger partial charge in [-0.2, -0.15) is 0 Å². The fourth-order valence-electron chi connectivity index (χ4n) is 1.27. The Labute approximate surface area is 120 Å². The van der Waals surface area contributed by atoms with Crippen molar-refractivity contribution in [3.05, 3.63) is 24.3 Å². The lowest BCUT2D eigenvalue weighted by Gasteiger charge is -2.08. The first kappa shape index (κ1) is 15.8. The molecule has 8 heteroatoms. The second kappa shape index (κ2) is 8.05. The van der Waals surface area contributed by atoms with Crippen molar-refractivity contribution in [2.24, 2.45) is 0 Å². The first-order valence-electron chi connectivity index (χ1n) is 5.68. The number of nitrogens with one attached hydrogen (secondary N) is 3. The van der Waals surface area contributed by atoms with E-state index in [4.69, 9.17) is 5.11 Å². The van der Waals surface area contributed by atoms with E-state index in [9.17, 15) is 14.4 Å². The highest BCUT2D eigenvalue weighted by atomic mass is 32.2. The van der Waals surface area contributed by atoms with Crippen LogP contribution in [-0.4, -0.2) is 42.4 Å². The minimum Gasteiger partial charge on any atom is -0.480 e. The molecule has 0 saturated heterocycles. The number of carbonyl (C=O) groups excluding carboxylic acids is 2. The van der Waals surface area contributed by atoms with E-state index in [1.807, 2.05) is 12.3 Å². The van der Waals surface area contributed by atoms with E-state index >= 15 is 0 Å². The largest absolute Gasteiger partial charge is 0.480 e. The van der Waals surface area contributed by atoms with Crippen molar-refractivity contribution in [2.75, 3.05) is 24.7 Å². The van der Waals surface area contributed by atoms with E-state index < -0.39 is 24.5 Å². The number of benzene rings is 1. The predicted octanol–water partition coefficient (Wildman–Crippen LogP) is 0.731. The van der Waals surface area contributed by atoms with E-state index in [1.54, 1.807) is 30.0 Å². The van der Waals surface area contributed by atoms with Gasteiger partial charge in [0.05, 0.1) is 6.54 Å². The number of hydrogen-bond acceptors (Lipinski definition) is 4. The molecule has 0 atom stereocenters. The number of aliphatic carboxylic acids is 1. The lowest BCUT2D eigenvalue weighted by Crippen LogP contribution is -2.40. The average Bonchev–Trinajstić information content (AvgIpc) is 2.43. The molecule has 108 valence electrons. The predicted molar refractivity (Wildman–Crippen MR) is 75.9 cm³/mol. The summed E-state index contributed by atoms with van der Waals surface area (Å²) >= 11 is 1.55. The summed E-state index contributed by atoms with van der Waals surface area (Å²) in [4.78, 5) is 33.9. The molecule has 20 heavy (non-hydrogen) atoms. The SMILES string of the molecule is CSc1cccc(NC(=O)NCC(=O)NCC(=O)O)c1. The van der Waals surface area contributed by atoms with Gasteiger partial charge < -0.3 is 21.1 Å². The number of hydrogen-bond donors (Lipinski definition) is 4. The van der Waals surface area contributed by atoms with Gasteiger partial charge in [0.1, 0.15) is 6.54 Å². The van der Waals surface area contributed by atoms with Gasteiger partial charge in [-0.3, -0.25) is 9.59 Å². The normalized spacial score (nSPS) is 9.65. The van der Waals surface area contributed by atoms with Crippen molar-refractivity contribution in [3.8, 4) is 0 Å². The van der Waals surface area contributed by atoms with Crippen LogP contribution in [0.1, 0.15) is 0 Å². The van der Waals surface area contributed by atoms with Crippen molar-refractivity contribution in [3.63, 3.8) is 0 Å². The first-order valence-corrected chi connectivity index (χ1v) is 6.91. The fraction of sp³-hybridized carbons (Fsp3) is 0.250. The molecule has 1 aromatic rings. The molecular formula is C12H15N3O4S. The third-order valence-electron chi connectivity index (χ3n) is 2.17. The Morgan fingerprint density at radius 1 is 1.20 bits per heavy atom. The van der Waals surface area contributed by atoms with Crippen molar-refractivity contribution in [1.29, 1.82) is 0 Å². The van der Waals surface area contributed by atoms with Gasteiger partial charge in [-0.05, 0) is 24.5 Å². The lowest BCUT2D eigenvalue weighted by molar-refractivity contribution is -0.137. The minimum atomic E-state index is -1.14. The molecule has 0 saturated carbocycles. The van der Waals surface area contributed by atoms with E-state index in [0.29, 0.717) is 5.69 Å². The van der Waals surface area contributed by atoms with Crippen LogP contribution < -0.4 is 16.0 Å². The van der Waals surface area contributed by atoms with Crippen LogP contribution in [0.25, 0.3) is 0 Å². The van der Waals surface area contributed by atoms with Gasteiger partial charge >= 0.3 is 12.0 Å². The second-order valence-corrected chi connectivity index (χ2v) is 4.59. The van der Waals surface area contributed by atoms with Crippen molar-refractivity contribution < 1.29 is 19.5 Å². The minimum absolute atomic E-state index is 0.290. The lowest BCUT2D eigenvalue weighted by atomic mass is 10.3. The van der Waals surface area contributed by atoms with Crippen LogP contribution in [0.2, 0.25) is 0 Å². The Balaban J connectivity index is 2.36. The van der Waals surface area contributed by atoms with Crippen LogP contribution in [0.3, 0.4) is 0 Å². The van der Waals surface area contributed by atoms with Gasteiger partial charge in [0.2, 0.25) is 5.91 Å². The quantitative estimate of drug-likeness (QED) is 0.579. The molecule has 0 fully saturated rings. The van der Waals surface area contributed by atoms with Crippen molar-refractivity contribution in [2.45, 2.75) is 4.90 Å². The van der Waals surface area contributed by atoms with Crippen molar-refractivity contribution in [1.82, 2.24) is 10.6 Å². The summed E-state index contributed by atoms with van der Waals surface area (Å²) in [6.07, 6.45) is 1.92. The molecule has 0 aromatic heterocycles. The monoisotopic (exact) mass is 297 g/mol. The number of amides is 3. The number of urea groups is 1. The molecule has 0 spiro atoms. The molecule has 3 amide bonds. The van der Waals surface area contributed by atoms with Crippen LogP contribution in [0.4, 0.5) is 10.5 Å². The zero-order valence-corrected chi connectivity index (χ0v) is 11.6. The summed E-state index contributed by atoms with van der Waals surface area (Å²) in [6.45, 7) is -0.765. The van der Waals surface area contributed by atoms with Gasteiger partial charge in [-0.1, -0.05) is 6.07 Å². The van der Waals surface area contributed by atoms with Gasteiger partial charge in [-0.25, -0.2) is 4.79 Å². The number of carboxylic acid groups (broad SMARTS) is 1. The Kier molecular flexibility index (Phi) is 6.38. The van der Waals surface area contributed by atoms with Crippen LogP contribution in [-0.2, 0) is 9.59 Å². The van der Waals surface area contributed by atoms with Crippen LogP contribution in [0.15, 0.2) is 29.2 Å². The highest BCUT2D eigenvalue weighted by Gasteiger charge is 2.07. The molecule has 0 heterocycles. The summed E-state index contributed by atoms with van der Waals surface area (Å²) in [5.41, 5.74) is 0.611. The number of rotatable bonds is 6. The number of carbonyl (C=O) groups is 3. The van der Waals surface area contributed by atoms with E-state index in [0.717, 1.165) is 4.90 Å². The zero-order valence-electron chi connectivity index (χ0n) is 10.8. The number of anilines is 1. The summed E-state index contributed by atoms with van der Waals surface area (Å²) in [5.74, 6) is -1.71. The molecule has 0 unspecified atom stereocenters. The molecule has 1 aromatic carbocycles. The third-order valence-corrected chi connectivity index (χ3v) is 2.90. The number of carboxylic acids is 1. The summed E-state index contributed by atoms with van der Waals surface area (Å²) in [7, 11) is 0. The maximum Gasteiger partial charge on any atom is 0.322 e. The van der Waals surface area contributed by atoms with Gasteiger partial charge in [0.15, 0.2) is 0 Å². The summed E-state index contributed by atoms with van der Waals surface area (Å²) in [6, 6.07) is 6.71. The molecule has 0 radical (unpaired) electrons. The molecule has 0 aliphatic heterocycles. The van der Waals surface area contributed by atoms with E-state index in [1.165, 1.54) is 0 Å². The molecule has 0 aliphatic rings. The molecule has 0 bridgehead atoms. The van der Waals surface area contributed by atoms with Crippen molar-refractivity contribution >= 4 is 35.4 Å². The van der Waals surface area contributed by atoms with Crippen LogP contribution in [0, 0.1) is 0 Å². The zero-order chi connectivity index (χ0) is 15.0. The van der Waals surface area contributed by atoms with Gasteiger partial charge in [0.25, 0.3) is 0 Å². The molecular weight excluding hydrogens is 282 g/mol. The smallest absolute Gasteiger partial charge is 0.322 e. The van der Waals surface area contributed by atoms with E-state index in [-0.39, 0.29) is 6.54 Å². The standard InChI is InChI=1S/C12H15N3O4S/c1-20-9-4-2-3-8(5-9)15-12(19)14-6-10(16)13-7-11(17)18/h2-5H,6-7H2,1H3,(H,13,16)(H,17,18)(H2,14,15,19). The molecule has 4 N–H and O–H groups in total. The highest BCUT2D eigenvalue weighted by molar-refractivity contribution is 7.98. The maximum atomic E-state index is 11.5.